The van der Waals surface area contributed by atoms with Gasteiger partial charge in [0.1, 0.15) is 6.04 Å². The van der Waals surface area contributed by atoms with Crippen LogP contribution in [0.25, 0.3) is 0 Å². The summed E-state index contributed by atoms with van der Waals surface area (Å²) >= 11 is 0. The first kappa shape index (κ1) is 17.2. The van der Waals surface area contributed by atoms with Gasteiger partial charge in [0.15, 0.2) is 0 Å². The molecule has 0 aliphatic carbocycles. The van der Waals surface area contributed by atoms with E-state index in [1.54, 1.807) is 4.90 Å². The minimum Gasteiger partial charge on any atom is -0.344 e. The highest BCUT2D eigenvalue weighted by Gasteiger charge is 2.34. The number of amides is 2. The van der Waals surface area contributed by atoms with Crippen LogP contribution in [0, 0.1) is 6.92 Å². The average Bonchev–Trinajstić information content (AvgIpc) is 2.98. The molecule has 0 saturated carbocycles. The molecule has 3 rings (SSSR count). The molecule has 1 aliphatic rings. The van der Waals surface area contributed by atoms with Crippen molar-refractivity contribution >= 4 is 17.5 Å². The van der Waals surface area contributed by atoms with Crippen LogP contribution in [0.2, 0.25) is 0 Å². The Bertz CT molecular complexity index is 740. The predicted molar refractivity (Wildman–Crippen MR) is 99.6 cm³/mol. The number of carbonyl (C=O) groups excluding carboxylic acids is 2. The molecule has 130 valence electrons. The third-order valence-electron chi connectivity index (χ3n) is 4.79. The molecule has 1 aliphatic heterocycles. The van der Waals surface area contributed by atoms with E-state index < -0.39 is 6.04 Å². The van der Waals surface area contributed by atoms with E-state index in [4.69, 9.17) is 0 Å². The van der Waals surface area contributed by atoms with E-state index in [0.717, 1.165) is 16.8 Å². The smallest absolute Gasteiger partial charge is 0.249 e. The van der Waals surface area contributed by atoms with E-state index in [0.29, 0.717) is 19.4 Å². The monoisotopic (exact) mass is 336 g/mol. The molecule has 1 heterocycles. The fraction of sp³-hybridized carbons (Fsp3) is 0.333. The Morgan fingerprint density at radius 3 is 2.48 bits per heavy atom. The third-order valence-corrected chi connectivity index (χ3v) is 4.79. The normalized spacial score (nSPS) is 18.2. The van der Waals surface area contributed by atoms with Crippen LogP contribution in [0.15, 0.2) is 54.6 Å². The van der Waals surface area contributed by atoms with Gasteiger partial charge in [0.25, 0.3) is 0 Å². The maximum absolute atomic E-state index is 12.7. The van der Waals surface area contributed by atoms with Crippen molar-refractivity contribution in [3.8, 4) is 0 Å². The second-order valence-electron chi connectivity index (χ2n) is 6.55. The summed E-state index contributed by atoms with van der Waals surface area (Å²) in [5, 5.41) is 2.96. The lowest BCUT2D eigenvalue weighted by Crippen LogP contribution is -2.43. The van der Waals surface area contributed by atoms with Crippen molar-refractivity contribution < 1.29 is 9.59 Å². The summed E-state index contributed by atoms with van der Waals surface area (Å²) < 4.78 is 0. The number of hydrogen-bond acceptors (Lipinski definition) is 2. The summed E-state index contributed by atoms with van der Waals surface area (Å²) in [5.41, 5.74) is 3.04. The topological polar surface area (TPSA) is 49.4 Å². The van der Waals surface area contributed by atoms with Crippen LogP contribution in [-0.2, 0) is 9.59 Å². The van der Waals surface area contributed by atoms with Crippen LogP contribution in [0.1, 0.15) is 36.8 Å². The van der Waals surface area contributed by atoms with Gasteiger partial charge in [0.05, 0.1) is 5.92 Å². The molecule has 25 heavy (non-hydrogen) atoms. The molecule has 2 amide bonds. The summed E-state index contributed by atoms with van der Waals surface area (Å²) in [4.78, 5) is 27.1. The Morgan fingerprint density at radius 2 is 1.84 bits per heavy atom. The van der Waals surface area contributed by atoms with Crippen molar-refractivity contribution in [1.82, 2.24) is 5.32 Å². The molecule has 2 aromatic carbocycles. The molecule has 2 atom stereocenters. The number of nitrogens with zero attached hydrogens (tertiary/aromatic N) is 1. The zero-order valence-corrected chi connectivity index (χ0v) is 14.7. The second-order valence-corrected chi connectivity index (χ2v) is 6.55. The SMILES string of the molecule is CC[C@H](C(=O)N[C@@H]1CCN(c2ccc(C)cc2)C1=O)c1ccccc1. The highest BCUT2D eigenvalue weighted by atomic mass is 16.2. The van der Waals surface area contributed by atoms with Crippen LogP contribution in [-0.4, -0.2) is 24.4 Å². The van der Waals surface area contributed by atoms with Gasteiger partial charge in [0.2, 0.25) is 11.8 Å². The molecule has 1 N–H and O–H groups in total. The molecule has 4 heteroatoms. The fourth-order valence-corrected chi connectivity index (χ4v) is 3.33. The van der Waals surface area contributed by atoms with Crippen molar-refractivity contribution in [2.75, 3.05) is 11.4 Å². The van der Waals surface area contributed by atoms with E-state index in [1.807, 2.05) is 68.4 Å². The molecule has 0 aromatic heterocycles. The molecule has 4 nitrogen and oxygen atoms in total. The Kier molecular flexibility index (Phi) is 5.17. The van der Waals surface area contributed by atoms with E-state index in [1.165, 1.54) is 0 Å². The summed E-state index contributed by atoms with van der Waals surface area (Å²) in [6, 6.07) is 17.2. The molecule has 0 radical (unpaired) electrons. The summed E-state index contributed by atoms with van der Waals surface area (Å²) in [6.07, 6.45) is 1.35. The Balaban J connectivity index is 1.68. The Morgan fingerprint density at radius 1 is 1.16 bits per heavy atom. The Hall–Kier alpha value is -2.62. The highest BCUT2D eigenvalue weighted by molar-refractivity contribution is 6.01. The Labute approximate surface area is 148 Å². The number of nitrogens with one attached hydrogen (secondary N) is 1. The number of hydrogen-bond donors (Lipinski definition) is 1. The maximum Gasteiger partial charge on any atom is 0.249 e. The van der Waals surface area contributed by atoms with Gasteiger partial charge in [-0.25, -0.2) is 0 Å². The zero-order valence-electron chi connectivity index (χ0n) is 14.7. The molecule has 0 spiro atoms. The molecular formula is C21H24N2O2. The molecule has 0 bridgehead atoms. The van der Waals surface area contributed by atoms with E-state index in [9.17, 15) is 9.59 Å². The fourth-order valence-electron chi connectivity index (χ4n) is 3.33. The van der Waals surface area contributed by atoms with Gasteiger partial charge in [-0.3, -0.25) is 9.59 Å². The van der Waals surface area contributed by atoms with E-state index in [-0.39, 0.29) is 17.7 Å². The third kappa shape index (κ3) is 3.73. The van der Waals surface area contributed by atoms with Gasteiger partial charge in [-0.2, -0.15) is 0 Å². The van der Waals surface area contributed by atoms with Crippen molar-refractivity contribution in [2.24, 2.45) is 0 Å². The van der Waals surface area contributed by atoms with Gasteiger partial charge in [-0.1, -0.05) is 55.0 Å². The van der Waals surface area contributed by atoms with Gasteiger partial charge in [-0.15, -0.1) is 0 Å². The predicted octanol–water partition coefficient (Wildman–Crippen LogP) is 3.41. The van der Waals surface area contributed by atoms with Crippen molar-refractivity contribution in [3.05, 3.63) is 65.7 Å². The maximum atomic E-state index is 12.7. The highest BCUT2D eigenvalue weighted by Crippen LogP contribution is 2.24. The van der Waals surface area contributed by atoms with Crippen molar-refractivity contribution in [2.45, 2.75) is 38.6 Å². The second kappa shape index (κ2) is 7.51. The van der Waals surface area contributed by atoms with Gasteiger partial charge < -0.3 is 10.2 Å². The van der Waals surface area contributed by atoms with Gasteiger partial charge in [0, 0.05) is 12.2 Å². The summed E-state index contributed by atoms with van der Waals surface area (Å²) in [5.74, 6) is -0.319. The molecule has 1 fully saturated rings. The van der Waals surface area contributed by atoms with Gasteiger partial charge in [-0.05, 0) is 37.5 Å². The number of aryl methyl sites for hydroxylation is 1. The van der Waals surface area contributed by atoms with Crippen molar-refractivity contribution in [1.29, 1.82) is 0 Å². The summed E-state index contributed by atoms with van der Waals surface area (Å²) in [6.45, 7) is 4.65. The van der Waals surface area contributed by atoms with E-state index >= 15 is 0 Å². The number of carbonyl (C=O) groups is 2. The average molecular weight is 336 g/mol. The zero-order chi connectivity index (χ0) is 17.8. The molecule has 0 unspecified atom stereocenters. The summed E-state index contributed by atoms with van der Waals surface area (Å²) in [7, 11) is 0. The van der Waals surface area contributed by atoms with Crippen LogP contribution in [0.3, 0.4) is 0 Å². The van der Waals surface area contributed by atoms with Crippen LogP contribution >= 0.6 is 0 Å². The molecule has 2 aromatic rings. The lowest BCUT2D eigenvalue weighted by molar-refractivity contribution is -0.127. The standard InChI is InChI=1S/C21H24N2O2/c1-3-18(16-7-5-4-6-8-16)20(24)22-19-13-14-23(21(19)25)17-11-9-15(2)10-12-17/h4-12,18-19H,3,13-14H2,1-2H3,(H,22,24)/t18-,19+/m0/s1. The van der Waals surface area contributed by atoms with Crippen LogP contribution in [0.4, 0.5) is 5.69 Å². The number of benzene rings is 2. The molecular weight excluding hydrogens is 312 g/mol. The first-order chi connectivity index (χ1) is 12.1. The minimum absolute atomic E-state index is 0.0277. The lowest BCUT2D eigenvalue weighted by atomic mass is 9.95. The minimum atomic E-state index is -0.438. The van der Waals surface area contributed by atoms with Gasteiger partial charge >= 0.3 is 0 Å². The van der Waals surface area contributed by atoms with Crippen LogP contribution < -0.4 is 10.2 Å². The van der Waals surface area contributed by atoms with Crippen LogP contribution in [0.5, 0.6) is 0 Å². The largest absolute Gasteiger partial charge is 0.344 e. The number of anilines is 1. The first-order valence-corrected chi connectivity index (χ1v) is 8.83. The first-order valence-electron chi connectivity index (χ1n) is 8.83. The van der Waals surface area contributed by atoms with Crippen molar-refractivity contribution in [3.63, 3.8) is 0 Å². The molecule has 1 saturated heterocycles. The number of rotatable bonds is 5. The van der Waals surface area contributed by atoms with E-state index in [2.05, 4.69) is 5.32 Å². The quantitative estimate of drug-likeness (QED) is 0.909. The lowest BCUT2D eigenvalue weighted by Gasteiger charge is -2.20.